The van der Waals surface area contributed by atoms with Gasteiger partial charge >= 0.3 is 34.5 Å². The van der Waals surface area contributed by atoms with E-state index < -0.39 is 42.8 Å². The third-order valence-corrected chi connectivity index (χ3v) is 16.9. The monoisotopic (exact) mass is 1320 g/mol. The summed E-state index contributed by atoms with van der Waals surface area (Å²) in [5.74, 6) is 1.34. The van der Waals surface area contributed by atoms with Crippen LogP contribution >= 0.6 is 35.7 Å². The summed E-state index contributed by atoms with van der Waals surface area (Å²) < 4.78 is 108. The number of nitrogens with zero attached hydrogens (tertiary/aromatic N) is 4. The molecule has 4 aromatic heterocycles. The summed E-state index contributed by atoms with van der Waals surface area (Å²) >= 11 is 6.71. The van der Waals surface area contributed by atoms with E-state index in [0.717, 1.165) is 18.8 Å². The Labute approximate surface area is 474 Å². The molecule has 23 heteroatoms. The molecule has 0 radical (unpaired) electrons. The minimum absolute atomic E-state index is 0.0277. The van der Waals surface area contributed by atoms with Crippen molar-refractivity contribution in [3.63, 3.8) is 0 Å². The van der Waals surface area contributed by atoms with Gasteiger partial charge in [0.2, 0.25) is 0 Å². The first-order chi connectivity index (χ1) is 36.4. The summed E-state index contributed by atoms with van der Waals surface area (Å²) in [6.45, 7) is 13.6. The first-order valence-electron chi connectivity index (χ1n) is 24.1. The number of ether oxygens (including phenoxy) is 2. The Kier molecular flexibility index (Phi) is 18.6. The van der Waals surface area contributed by atoms with E-state index in [0.29, 0.717) is 44.5 Å². The van der Waals surface area contributed by atoms with Crippen molar-refractivity contribution in [2.75, 3.05) is 23.7 Å². The van der Waals surface area contributed by atoms with Gasteiger partial charge in [0.05, 0.1) is 50.9 Å². The fraction of sp³-hybridized carbons (Fsp3) is 0.315. The van der Waals surface area contributed by atoms with Crippen molar-refractivity contribution in [3.05, 3.63) is 158 Å². The summed E-state index contributed by atoms with van der Waals surface area (Å²) in [7, 11) is -5.01. The number of rotatable bonds is 11. The first kappa shape index (κ1) is 59.2. The molecule has 2 fully saturated rings. The number of anilines is 2. The number of benzene rings is 4. The summed E-state index contributed by atoms with van der Waals surface area (Å²) in [6.07, 6.45) is 9.36. The molecule has 77 heavy (non-hydrogen) atoms. The molecule has 0 bridgehead atoms. The van der Waals surface area contributed by atoms with Gasteiger partial charge in [-0.1, -0.05) is 57.8 Å². The van der Waals surface area contributed by atoms with Crippen molar-refractivity contribution in [3.8, 4) is 22.9 Å². The van der Waals surface area contributed by atoms with Crippen LogP contribution in [0.2, 0.25) is 0 Å². The average Bonchev–Trinajstić information content (AvgIpc) is 4.09. The van der Waals surface area contributed by atoms with Gasteiger partial charge in [-0.25, -0.2) is 25.6 Å². The van der Waals surface area contributed by atoms with Crippen molar-refractivity contribution in [2.45, 2.75) is 82.9 Å². The average molecular weight is 1320 g/mol. The number of aromatic nitrogens is 4. The van der Waals surface area contributed by atoms with Crippen LogP contribution in [0.4, 0.5) is 20.4 Å². The predicted octanol–water partition coefficient (Wildman–Crippen LogP) is 12.7. The molecule has 10 rings (SSSR count). The predicted molar refractivity (Wildman–Crippen MR) is 300 cm³/mol. The van der Waals surface area contributed by atoms with Crippen LogP contribution in [0.5, 0.6) is 11.5 Å². The number of fused-ring (bicyclic) bond motifs is 2. The summed E-state index contributed by atoms with van der Waals surface area (Å²) in [5.41, 5.74) is 1.72. The maximum absolute atomic E-state index is 15.4. The molecule has 0 amide bonds. The molecule has 2 aliphatic rings. The van der Waals surface area contributed by atoms with Crippen LogP contribution in [0.3, 0.4) is 0 Å². The van der Waals surface area contributed by atoms with Crippen molar-refractivity contribution in [1.29, 1.82) is 0 Å². The number of nitrogens with one attached hydrogen (secondary N) is 2. The van der Waals surface area contributed by atoms with E-state index in [-0.39, 0.29) is 54.4 Å². The molecule has 2 N–H and O–H groups in total. The van der Waals surface area contributed by atoms with E-state index in [4.69, 9.17) is 9.47 Å². The fourth-order valence-corrected chi connectivity index (χ4v) is 11.3. The van der Waals surface area contributed by atoms with E-state index in [1.807, 2.05) is 0 Å². The number of hydrogen-bond donors (Lipinski definition) is 2. The third kappa shape index (κ3) is 13.5. The third-order valence-electron chi connectivity index (χ3n) is 13.6. The van der Waals surface area contributed by atoms with Gasteiger partial charge in [-0.05, 0) is 118 Å². The van der Waals surface area contributed by atoms with E-state index in [1.165, 1.54) is 155 Å². The van der Waals surface area contributed by atoms with Gasteiger partial charge < -0.3 is 24.9 Å². The molecule has 404 valence electrons. The van der Waals surface area contributed by atoms with Gasteiger partial charge in [0.25, 0.3) is 31.2 Å². The zero-order valence-electron chi connectivity index (χ0n) is 43.4. The Morgan fingerprint density at radius 2 is 1.09 bits per heavy atom. The van der Waals surface area contributed by atoms with E-state index in [1.54, 1.807) is 6.07 Å². The van der Waals surface area contributed by atoms with Gasteiger partial charge in [0.1, 0.15) is 35.7 Å². The maximum atomic E-state index is 15.4. The van der Waals surface area contributed by atoms with Crippen LogP contribution in [-0.2, 0) is 34.8 Å². The molecular formula is C54H56BrF2IN6O10S2Zn. The van der Waals surface area contributed by atoms with Crippen molar-refractivity contribution in [2.24, 2.45) is 22.7 Å². The Balaban J connectivity index is 0.000000193. The van der Waals surface area contributed by atoms with Crippen LogP contribution in [0.15, 0.2) is 142 Å². The van der Waals surface area contributed by atoms with Crippen LogP contribution < -0.4 is 30.0 Å². The Hall–Kier alpha value is -5.49. The van der Waals surface area contributed by atoms with Gasteiger partial charge in [0.15, 0.2) is 11.6 Å². The molecule has 0 unspecified atom stereocenters. The first-order valence-corrected chi connectivity index (χ1v) is 36.9. The number of hydrogen-bond acceptors (Lipinski definition) is 12. The van der Waals surface area contributed by atoms with Crippen LogP contribution in [-0.4, -0.2) is 50.5 Å². The summed E-state index contributed by atoms with van der Waals surface area (Å²) in [5, 5.41) is 8.01. The van der Waals surface area contributed by atoms with E-state index in [2.05, 4.69) is 112 Å². The standard InChI is InChI=1S/C27H28FN3O5S.C19H13BrFN3O5S.C8H15.HI.Zn/c1-27(2,3)18-11-17(12-18)20-14-24(35-4)23(15-21(20)28)31-22-7-6-19(13-16(22)5-8-26(31)32)37(33,34)30-25-9-10-36-29-25;1-28-17-9-13(20)14(21)10-16(17)24-15-4-3-12(8-11(15)2-5-19(24)25)30(26,27)23-18-6-7-29-22-18;1-8(2,3)7-5-4-6-7;;/h5-10,13-15,17-18H,11-12H2,1-4H3,(H,29,30);2-10H,1H3,(H,22,23);4,7H,5-6H2,1-3H3;1H;/q;;-1;;+2/p-1. The second kappa shape index (κ2) is 24.3. The second-order valence-corrected chi connectivity index (χ2v) is 24.7. The van der Waals surface area contributed by atoms with Crippen LogP contribution in [0.25, 0.3) is 33.2 Å². The zero-order chi connectivity index (χ0) is 56.2. The fourth-order valence-electron chi connectivity index (χ4n) is 8.89. The number of sulfonamides is 2. The second-order valence-electron chi connectivity index (χ2n) is 20.5. The van der Waals surface area contributed by atoms with Crippen LogP contribution in [0, 0.1) is 40.7 Å². The molecule has 4 heterocycles. The van der Waals surface area contributed by atoms with Crippen molar-refractivity contribution >= 4 is 89.2 Å². The molecule has 0 spiro atoms. The molecule has 0 atom stereocenters. The molecule has 4 aromatic carbocycles. The van der Waals surface area contributed by atoms with Gasteiger partial charge in [-0.15, -0.1) is 0 Å². The molecule has 2 aliphatic carbocycles. The van der Waals surface area contributed by atoms with Gasteiger partial charge in [-0.3, -0.25) is 28.2 Å². The van der Waals surface area contributed by atoms with Crippen molar-refractivity contribution < 1.29 is 58.9 Å². The Morgan fingerprint density at radius 3 is 1.47 bits per heavy atom. The van der Waals surface area contributed by atoms with Gasteiger partial charge in [0, 0.05) is 47.2 Å². The van der Waals surface area contributed by atoms with Crippen LogP contribution in [0.1, 0.15) is 78.7 Å². The quantitative estimate of drug-likeness (QED) is 0.0705. The molecule has 16 nitrogen and oxygen atoms in total. The Morgan fingerprint density at radius 1 is 0.649 bits per heavy atom. The number of pyridine rings is 2. The topological polar surface area (TPSA) is 207 Å². The Bertz CT molecular complexity index is 3750. The van der Waals surface area contributed by atoms with Gasteiger partial charge in [-0.2, -0.15) is 12.8 Å². The molecule has 0 saturated heterocycles. The summed E-state index contributed by atoms with van der Waals surface area (Å²) in [6, 6.07) is 22.5. The number of halogens is 4. The van der Waals surface area contributed by atoms with Crippen molar-refractivity contribution in [1.82, 2.24) is 19.4 Å². The van der Waals surface area contributed by atoms with E-state index >= 15 is 4.39 Å². The molecular weight excluding hydrogens is 1270 g/mol. The normalized spacial score (nSPS) is 15.6. The number of methoxy groups -OCH3 is 2. The molecule has 2 saturated carbocycles. The minimum atomic E-state index is -3.95. The molecule has 8 aromatic rings. The molecule has 0 aliphatic heterocycles. The van der Waals surface area contributed by atoms with E-state index in [9.17, 15) is 30.8 Å². The SMILES string of the molecule is CC(C)(C)C1C[CH-]C1.COc1cc(Br)c(F)cc1-n1c(=O)ccc2cc(S(=O)(=O)Nc3ccon3)ccc21.COc1cc(C2CC(C(C)(C)C)C2)c(F)cc1-n1c(=O)ccc2cc(S(=O)(=O)Nc3ccon3)ccc21.[Zn+][I]. The zero-order valence-corrected chi connectivity index (χ0v) is 51.8. The summed E-state index contributed by atoms with van der Waals surface area (Å²) in [4.78, 5) is 25.5.